The molecule has 0 saturated carbocycles. The topological polar surface area (TPSA) is 60.0 Å². The molecule has 7 heteroatoms. The monoisotopic (exact) mass is 461 g/mol. The second-order valence-electron chi connectivity index (χ2n) is 5.97. The molecule has 0 radical (unpaired) electrons. The first-order chi connectivity index (χ1) is 11.5. The Bertz CT molecular complexity index is 548. The second kappa shape index (κ2) is 12.9. The molecule has 25 heavy (non-hydrogen) atoms. The molecular formula is C18H32IN5O. The van der Waals surface area contributed by atoms with Gasteiger partial charge in [-0.1, -0.05) is 19.1 Å². The number of halogens is 1. The smallest absolute Gasteiger partial charge is 0.253 e. The molecule has 0 saturated heterocycles. The number of hydrogen-bond donors (Lipinski definition) is 2. The van der Waals surface area contributed by atoms with Gasteiger partial charge in [0.2, 0.25) is 0 Å². The summed E-state index contributed by atoms with van der Waals surface area (Å²) in [6, 6.07) is 7.78. The average Bonchev–Trinajstić information content (AvgIpc) is 2.59. The van der Waals surface area contributed by atoms with Crippen LogP contribution in [0.4, 0.5) is 0 Å². The molecular weight excluding hydrogens is 429 g/mol. The van der Waals surface area contributed by atoms with E-state index in [1.807, 2.05) is 24.3 Å². The quantitative estimate of drug-likeness (QED) is 0.352. The van der Waals surface area contributed by atoms with E-state index >= 15 is 0 Å². The third-order valence-corrected chi connectivity index (χ3v) is 3.84. The predicted molar refractivity (Wildman–Crippen MR) is 116 cm³/mol. The van der Waals surface area contributed by atoms with E-state index in [0.717, 1.165) is 49.7 Å². The van der Waals surface area contributed by atoms with Crippen LogP contribution in [0.3, 0.4) is 0 Å². The highest BCUT2D eigenvalue weighted by atomic mass is 127. The molecule has 0 aliphatic carbocycles. The van der Waals surface area contributed by atoms with Gasteiger partial charge in [0.25, 0.3) is 5.91 Å². The Balaban J connectivity index is 0.00000576. The van der Waals surface area contributed by atoms with E-state index in [9.17, 15) is 4.79 Å². The zero-order valence-electron chi connectivity index (χ0n) is 16.0. The zero-order chi connectivity index (χ0) is 17.9. The summed E-state index contributed by atoms with van der Waals surface area (Å²) in [4.78, 5) is 20.1. The SMILES string of the molecule is CCN(C)CCNC(=NC)NCCc1cccc(C(=O)N(C)C)c1.I. The normalized spacial score (nSPS) is 11.0. The van der Waals surface area contributed by atoms with Crippen molar-refractivity contribution >= 4 is 35.8 Å². The molecule has 0 aromatic heterocycles. The van der Waals surface area contributed by atoms with Gasteiger partial charge in [-0.2, -0.15) is 0 Å². The maximum atomic E-state index is 12.0. The van der Waals surface area contributed by atoms with Crippen LogP contribution in [-0.4, -0.2) is 76.0 Å². The maximum absolute atomic E-state index is 12.0. The largest absolute Gasteiger partial charge is 0.356 e. The lowest BCUT2D eigenvalue weighted by molar-refractivity contribution is 0.0827. The summed E-state index contributed by atoms with van der Waals surface area (Å²) in [6.07, 6.45) is 0.837. The number of carbonyl (C=O) groups is 1. The summed E-state index contributed by atoms with van der Waals surface area (Å²) < 4.78 is 0. The van der Waals surface area contributed by atoms with Crippen LogP contribution in [0.5, 0.6) is 0 Å². The molecule has 1 amide bonds. The molecule has 1 rings (SSSR count). The van der Waals surface area contributed by atoms with Crippen molar-refractivity contribution in [1.82, 2.24) is 20.4 Å². The van der Waals surface area contributed by atoms with Crippen LogP contribution >= 0.6 is 24.0 Å². The van der Waals surface area contributed by atoms with Crippen molar-refractivity contribution in [2.75, 3.05) is 54.4 Å². The minimum atomic E-state index is 0. The number of aliphatic imine (C=N–C) groups is 1. The van der Waals surface area contributed by atoms with Crippen LogP contribution < -0.4 is 10.6 Å². The van der Waals surface area contributed by atoms with Crippen molar-refractivity contribution < 1.29 is 4.79 Å². The van der Waals surface area contributed by atoms with Crippen molar-refractivity contribution in [2.45, 2.75) is 13.3 Å². The Morgan fingerprint density at radius 2 is 1.84 bits per heavy atom. The van der Waals surface area contributed by atoms with Crippen LogP contribution in [0.2, 0.25) is 0 Å². The fraction of sp³-hybridized carbons (Fsp3) is 0.556. The van der Waals surface area contributed by atoms with Gasteiger partial charge in [-0.05, 0) is 37.7 Å². The lowest BCUT2D eigenvalue weighted by atomic mass is 10.1. The molecule has 0 unspecified atom stereocenters. The third-order valence-electron chi connectivity index (χ3n) is 3.84. The molecule has 2 N–H and O–H groups in total. The number of nitrogens with zero attached hydrogens (tertiary/aromatic N) is 3. The number of nitrogens with one attached hydrogen (secondary N) is 2. The van der Waals surface area contributed by atoms with Crippen molar-refractivity contribution in [3.05, 3.63) is 35.4 Å². The molecule has 0 fully saturated rings. The van der Waals surface area contributed by atoms with Crippen LogP contribution in [0, 0.1) is 0 Å². The Kier molecular flexibility index (Phi) is 12.2. The minimum absolute atomic E-state index is 0. The molecule has 1 aromatic rings. The van der Waals surface area contributed by atoms with Gasteiger partial charge in [0.1, 0.15) is 0 Å². The Morgan fingerprint density at radius 3 is 2.44 bits per heavy atom. The molecule has 0 spiro atoms. The van der Waals surface area contributed by atoms with Crippen LogP contribution in [-0.2, 0) is 6.42 Å². The number of benzene rings is 1. The summed E-state index contributed by atoms with van der Waals surface area (Å²) in [5.74, 6) is 0.836. The number of amides is 1. The molecule has 0 aliphatic heterocycles. The summed E-state index contributed by atoms with van der Waals surface area (Å²) in [7, 11) is 7.40. The van der Waals surface area contributed by atoms with Gasteiger partial charge in [-0.25, -0.2) is 0 Å². The first-order valence-corrected chi connectivity index (χ1v) is 8.41. The summed E-state index contributed by atoms with van der Waals surface area (Å²) in [6.45, 7) is 5.78. The van der Waals surface area contributed by atoms with Gasteiger partial charge < -0.3 is 20.4 Å². The second-order valence-corrected chi connectivity index (χ2v) is 5.97. The van der Waals surface area contributed by atoms with E-state index in [2.05, 4.69) is 34.5 Å². The van der Waals surface area contributed by atoms with Gasteiger partial charge in [-0.3, -0.25) is 9.79 Å². The molecule has 142 valence electrons. The minimum Gasteiger partial charge on any atom is -0.356 e. The fourth-order valence-electron chi connectivity index (χ4n) is 2.19. The van der Waals surface area contributed by atoms with Gasteiger partial charge in [0.15, 0.2) is 5.96 Å². The standard InChI is InChI=1S/C18H31N5O.HI/c1-6-23(5)13-12-21-18(19-2)20-11-10-15-8-7-9-16(14-15)17(24)22(3)4;/h7-9,14H,6,10-13H2,1-5H3,(H2,19,20,21);1H. The van der Waals surface area contributed by atoms with Crippen molar-refractivity contribution in [2.24, 2.45) is 4.99 Å². The maximum Gasteiger partial charge on any atom is 0.253 e. The number of rotatable bonds is 8. The van der Waals surface area contributed by atoms with Crippen LogP contribution in [0.1, 0.15) is 22.8 Å². The predicted octanol–water partition coefficient (Wildman–Crippen LogP) is 1.67. The zero-order valence-corrected chi connectivity index (χ0v) is 18.3. The van der Waals surface area contributed by atoms with Crippen molar-refractivity contribution in [3.8, 4) is 0 Å². The molecule has 0 heterocycles. The molecule has 0 bridgehead atoms. The summed E-state index contributed by atoms with van der Waals surface area (Å²) >= 11 is 0. The molecule has 0 aliphatic rings. The van der Waals surface area contributed by atoms with Gasteiger partial charge in [-0.15, -0.1) is 24.0 Å². The molecule has 1 aromatic carbocycles. The van der Waals surface area contributed by atoms with E-state index < -0.39 is 0 Å². The van der Waals surface area contributed by atoms with Gasteiger partial charge in [0.05, 0.1) is 0 Å². The van der Waals surface area contributed by atoms with E-state index in [4.69, 9.17) is 0 Å². The average molecular weight is 461 g/mol. The number of guanidine groups is 1. The lowest BCUT2D eigenvalue weighted by Gasteiger charge is -2.16. The van der Waals surface area contributed by atoms with Crippen LogP contribution in [0.15, 0.2) is 29.3 Å². The Labute approximate surface area is 169 Å². The number of hydrogen-bond acceptors (Lipinski definition) is 3. The fourth-order valence-corrected chi connectivity index (χ4v) is 2.19. The van der Waals surface area contributed by atoms with Crippen LogP contribution in [0.25, 0.3) is 0 Å². The highest BCUT2D eigenvalue weighted by Crippen LogP contribution is 2.07. The van der Waals surface area contributed by atoms with Gasteiger partial charge >= 0.3 is 0 Å². The summed E-state index contributed by atoms with van der Waals surface area (Å²) in [5, 5.41) is 6.61. The third kappa shape index (κ3) is 9.06. The van der Waals surface area contributed by atoms with Crippen molar-refractivity contribution in [3.63, 3.8) is 0 Å². The van der Waals surface area contributed by atoms with Gasteiger partial charge in [0, 0.05) is 46.3 Å². The molecule has 0 atom stereocenters. The van der Waals surface area contributed by atoms with E-state index in [1.165, 1.54) is 0 Å². The Hall–Kier alpha value is -1.35. The van der Waals surface area contributed by atoms with E-state index in [0.29, 0.717) is 0 Å². The molecule has 6 nitrogen and oxygen atoms in total. The lowest BCUT2D eigenvalue weighted by Crippen LogP contribution is -2.41. The number of likely N-dealkylation sites (N-methyl/N-ethyl adjacent to an activating group) is 1. The summed E-state index contributed by atoms with van der Waals surface area (Å²) in [5.41, 5.74) is 1.86. The Morgan fingerprint density at radius 1 is 1.16 bits per heavy atom. The van der Waals surface area contributed by atoms with Crippen molar-refractivity contribution in [1.29, 1.82) is 0 Å². The number of carbonyl (C=O) groups excluding carboxylic acids is 1. The highest BCUT2D eigenvalue weighted by molar-refractivity contribution is 14.0. The first-order valence-electron chi connectivity index (χ1n) is 8.41. The van der Waals surface area contributed by atoms with E-state index in [1.54, 1.807) is 26.0 Å². The highest BCUT2D eigenvalue weighted by Gasteiger charge is 2.08. The first kappa shape index (κ1) is 23.6. The van der Waals surface area contributed by atoms with E-state index in [-0.39, 0.29) is 29.9 Å².